The molecule has 2 heterocycles. The smallest absolute Gasteiger partial charge is 0.262 e. The maximum Gasteiger partial charge on any atom is 0.262 e. The van der Waals surface area contributed by atoms with E-state index in [-0.39, 0.29) is 12.5 Å². The minimum absolute atomic E-state index is 0.0543. The molecule has 0 spiro atoms. The van der Waals surface area contributed by atoms with E-state index in [1.54, 1.807) is 0 Å². The predicted molar refractivity (Wildman–Crippen MR) is 83.9 cm³/mol. The topological polar surface area (TPSA) is 70.8 Å². The van der Waals surface area contributed by atoms with E-state index in [0.717, 1.165) is 31.6 Å². The minimum Gasteiger partial charge on any atom is -0.482 e. The summed E-state index contributed by atoms with van der Waals surface area (Å²) in [6.45, 7) is 2.05. The Kier molecular flexibility index (Phi) is 3.63. The summed E-state index contributed by atoms with van der Waals surface area (Å²) < 4.78 is 5.41. The summed E-state index contributed by atoms with van der Waals surface area (Å²) in [5.74, 6) is 0.531. The van der Waals surface area contributed by atoms with Crippen LogP contribution in [0, 0.1) is 0 Å². The summed E-state index contributed by atoms with van der Waals surface area (Å²) >= 11 is 0. The lowest BCUT2D eigenvalue weighted by Crippen LogP contribution is -2.38. The first-order valence-electron chi connectivity index (χ1n) is 7.32. The van der Waals surface area contributed by atoms with Gasteiger partial charge in [-0.05, 0) is 33.0 Å². The zero-order chi connectivity index (χ0) is 15.0. The highest BCUT2D eigenvalue weighted by molar-refractivity contribution is 5.97. The molecule has 1 saturated heterocycles. The second-order valence-electron chi connectivity index (χ2n) is 6.00. The Morgan fingerprint density at radius 1 is 1.48 bits per heavy atom. The fraction of sp³-hybridized carbons (Fsp3) is 0.533. The Labute approximate surface area is 124 Å². The van der Waals surface area contributed by atoms with Crippen LogP contribution >= 0.6 is 0 Å². The van der Waals surface area contributed by atoms with Crippen molar-refractivity contribution in [2.45, 2.75) is 18.9 Å². The highest BCUT2D eigenvalue weighted by atomic mass is 16.5. The van der Waals surface area contributed by atoms with Gasteiger partial charge in [-0.25, -0.2) is 0 Å². The Hall–Kier alpha value is -1.95. The van der Waals surface area contributed by atoms with Crippen LogP contribution in [0.2, 0.25) is 0 Å². The molecule has 3 rings (SSSR count). The van der Waals surface area contributed by atoms with Gasteiger partial charge in [0, 0.05) is 25.2 Å². The second-order valence-corrected chi connectivity index (χ2v) is 6.00. The number of anilines is 3. The van der Waals surface area contributed by atoms with Crippen LogP contribution < -0.4 is 20.7 Å². The van der Waals surface area contributed by atoms with E-state index in [1.807, 2.05) is 12.1 Å². The van der Waals surface area contributed by atoms with Crippen LogP contribution in [0.5, 0.6) is 5.75 Å². The predicted octanol–water partition coefficient (Wildman–Crippen LogP) is 1.13. The summed E-state index contributed by atoms with van der Waals surface area (Å²) in [7, 11) is 4.17. The van der Waals surface area contributed by atoms with E-state index in [2.05, 4.69) is 29.2 Å². The zero-order valence-electron chi connectivity index (χ0n) is 12.6. The van der Waals surface area contributed by atoms with E-state index < -0.39 is 0 Å². The molecule has 1 unspecified atom stereocenters. The quantitative estimate of drug-likeness (QED) is 0.817. The highest BCUT2D eigenvalue weighted by Crippen LogP contribution is 2.39. The molecule has 2 aliphatic rings. The van der Waals surface area contributed by atoms with Gasteiger partial charge < -0.3 is 25.6 Å². The molecule has 114 valence electrons. The molecule has 0 aromatic heterocycles. The van der Waals surface area contributed by atoms with Gasteiger partial charge in [0.15, 0.2) is 6.61 Å². The van der Waals surface area contributed by atoms with Gasteiger partial charge in [-0.15, -0.1) is 0 Å². The maximum atomic E-state index is 11.5. The molecule has 0 aliphatic carbocycles. The number of nitrogens with two attached hydrogens (primary N) is 1. The van der Waals surface area contributed by atoms with Gasteiger partial charge >= 0.3 is 0 Å². The van der Waals surface area contributed by atoms with Crippen LogP contribution in [0.1, 0.15) is 12.8 Å². The second kappa shape index (κ2) is 5.44. The lowest BCUT2D eigenvalue weighted by molar-refractivity contribution is -0.118. The first-order valence-corrected chi connectivity index (χ1v) is 7.32. The van der Waals surface area contributed by atoms with Crippen molar-refractivity contribution in [2.75, 3.05) is 49.7 Å². The highest BCUT2D eigenvalue weighted by Gasteiger charge is 2.28. The molecule has 6 heteroatoms. The fourth-order valence-electron chi connectivity index (χ4n) is 3.14. The van der Waals surface area contributed by atoms with Gasteiger partial charge in [0.05, 0.1) is 17.1 Å². The number of hydrogen-bond donors (Lipinski definition) is 2. The number of carbonyl (C=O) groups excluding carboxylic acids is 1. The summed E-state index contributed by atoms with van der Waals surface area (Å²) in [5.41, 5.74) is 8.61. The van der Waals surface area contributed by atoms with Gasteiger partial charge in [-0.1, -0.05) is 0 Å². The van der Waals surface area contributed by atoms with Gasteiger partial charge in [0.2, 0.25) is 0 Å². The van der Waals surface area contributed by atoms with Crippen molar-refractivity contribution in [1.82, 2.24) is 4.90 Å². The third-order valence-corrected chi connectivity index (χ3v) is 4.02. The monoisotopic (exact) mass is 290 g/mol. The Morgan fingerprint density at radius 2 is 2.29 bits per heavy atom. The number of amides is 1. The van der Waals surface area contributed by atoms with Gasteiger partial charge in [0.25, 0.3) is 5.91 Å². The van der Waals surface area contributed by atoms with Crippen LogP contribution in [0.4, 0.5) is 17.1 Å². The van der Waals surface area contributed by atoms with Gasteiger partial charge in [-0.2, -0.15) is 0 Å². The molecule has 0 saturated carbocycles. The number of ether oxygens (including phenoxy) is 1. The zero-order valence-corrected chi connectivity index (χ0v) is 12.6. The lowest BCUT2D eigenvalue weighted by atomic mass is 10.1. The number of fused-ring (bicyclic) bond motifs is 1. The Balaban J connectivity index is 1.91. The number of carbonyl (C=O) groups is 1. The van der Waals surface area contributed by atoms with Crippen LogP contribution in [0.15, 0.2) is 12.1 Å². The summed E-state index contributed by atoms with van der Waals surface area (Å²) in [6.07, 6.45) is 2.33. The third kappa shape index (κ3) is 2.76. The molecule has 0 bridgehead atoms. The minimum atomic E-state index is -0.121. The number of rotatable bonds is 3. The maximum absolute atomic E-state index is 11.5. The number of nitrogens with zero attached hydrogens (tertiary/aromatic N) is 2. The summed E-state index contributed by atoms with van der Waals surface area (Å²) in [4.78, 5) is 16.0. The first-order chi connectivity index (χ1) is 10.0. The fourth-order valence-corrected chi connectivity index (χ4v) is 3.14. The summed E-state index contributed by atoms with van der Waals surface area (Å²) in [5, 5.41) is 2.85. The van der Waals surface area contributed by atoms with E-state index in [1.165, 1.54) is 0 Å². The van der Waals surface area contributed by atoms with Crippen molar-refractivity contribution in [3.8, 4) is 5.75 Å². The Bertz CT molecular complexity index is 559. The number of nitrogens with one attached hydrogen (secondary N) is 1. The van der Waals surface area contributed by atoms with Gasteiger partial charge in [0.1, 0.15) is 5.75 Å². The summed E-state index contributed by atoms with van der Waals surface area (Å²) in [6, 6.07) is 4.21. The average molecular weight is 290 g/mol. The molecule has 1 aromatic rings. The standard InChI is InChI=1S/C15H22N4O2/c1-18(2)8-10-4-3-5-19(10)13-7-12-14(6-11(13)16)21-9-15(20)17-12/h6-7,10H,3-5,8-9,16H2,1-2H3,(H,17,20). The van der Waals surface area contributed by atoms with Crippen molar-refractivity contribution in [3.63, 3.8) is 0 Å². The Morgan fingerprint density at radius 3 is 3.05 bits per heavy atom. The van der Waals surface area contributed by atoms with Crippen LogP contribution in [0.25, 0.3) is 0 Å². The number of benzene rings is 1. The molecule has 2 aliphatic heterocycles. The first kappa shape index (κ1) is 14.0. The number of hydrogen-bond acceptors (Lipinski definition) is 5. The van der Waals surface area contributed by atoms with E-state index in [0.29, 0.717) is 23.2 Å². The molecule has 1 atom stereocenters. The molecular formula is C15H22N4O2. The largest absolute Gasteiger partial charge is 0.482 e. The van der Waals surface area contributed by atoms with Crippen LogP contribution in [-0.4, -0.2) is 50.6 Å². The molecule has 21 heavy (non-hydrogen) atoms. The van der Waals surface area contributed by atoms with Crippen molar-refractivity contribution in [3.05, 3.63) is 12.1 Å². The average Bonchev–Trinajstić information content (AvgIpc) is 2.85. The van der Waals surface area contributed by atoms with Crippen LogP contribution in [0.3, 0.4) is 0 Å². The molecule has 3 N–H and O–H groups in total. The van der Waals surface area contributed by atoms with Crippen LogP contribution in [-0.2, 0) is 4.79 Å². The van der Waals surface area contributed by atoms with Gasteiger partial charge in [-0.3, -0.25) is 4.79 Å². The number of likely N-dealkylation sites (N-methyl/N-ethyl adjacent to an activating group) is 1. The van der Waals surface area contributed by atoms with Crippen molar-refractivity contribution in [1.29, 1.82) is 0 Å². The van der Waals surface area contributed by atoms with Crippen molar-refractivity contribution < 1.29 is 9.53 Å². The van der Waals surface area contributed by atoms with E-state index in [9.17, 15) is 4.79 Å². The SMILES string of the molecule is CN(C)CC1CCCN1c1cc2c(cc1N)OCC(=O)N2. The van der Waals surface area contributed by atoms with E-state index in [4.69, 9.17) is 10.5 Å². The molecule has 0 radical (unpaired) electrons. The number of nitrogen functional groups attached to an aromatic ring is 1. The molecular weight excluding hydrogens is 268 g/mol. The third-order valence-electron chi connectivity index (χ3n) is 4.02. The van der Waals surface area contributed by atoms with E-state index >= 15 is 0 Å². The van der Waals surface area contributed by atoms with Crippen molar-refractivity contribution in [2.24, 2.45) is 0 Å². The molecule has 1 fully saturated rings. The molecule has 1 aromatic carbocycles. The normalized spacial score (nSPS) is 21.2. The molecule has 6 nitrogen and oxygen atoms in total. The van der Waals surface area contributed by atoms with Crippen molar-refractivity contribution >= 4 is 23.0 Å². The lowest BCUT2D eigenvalue weighted by Gasteiger charge is -2.31. The molecule has 1 amide bonds.